The van der Waals surface area contributed by atoms with E-state index in [2.05, 4.69) is 44.3 Å². The van der Waals surface area contributed by atoms with Crippen LogP contribution >= 0.6 is 15.9 Å². The molecule has 1 N–H and O–H groups in total. The van der Waals surface area contributed by atoms with Crippen molar-refractivity contribution in [2.75, 3.05) is 18.0 Å². The number of hydrogen-bond acceptors (Lipinski definition) is 2. The molecule has 0 fully saturated rings. The maximum absolute atomic E-state index is 12.3. The number of hydrogen-bond donors (Lipinski definition) is 1. The zero-order valence-corrected chi connectivity index (χ0v) is 14.1. The number of rotatable bonds is 4. The van der Waals surface area contributed by atoms with E-state index >= 15 is 0 Å². The van der Waals surface area contributed by atoms with E-state index in [0.29, 0.717) is 6.54 Å². The Labute approximate surface area is 139 Å². The Kier molecular flexibility index (Phi) is 4.48. The van der Waals surface area contributed by atoms with E-state index in [0.717, 1.165) is 23.0 Å². The highest BCUT2D eigenvalue weighted by atomic mass is 79.9. The molecule has 1 aliphatic rings. The summed E-state index contributed by atoms with van der Waals surface area (Å²) in [6.45, 7) is 3.33. The standard InChI is InChI=1S/C18H19BrN2O/c1-13(15-7-3-4-8-16(15)19)20-18(22)12-21-11-10-14-6-2-5-9-17(14)21/h2-9,13H,10-12H2,1H3,(H,20,22)/t13-/m0/s1. The van der Waals surface area contributed by atoms with Crippen LogP contribution in [-0.2, 0) is 11.2 Å². The van der Waals surface area contributed by atoms with E-state index in [1.165, 1.54) is 11.3 Å². The van der Waals surface area contributed by atoms with E-state index < -0.39 is 0 Å². The third-order valence-corrected chi connectivity index (χ3v) is 4.79. The minimum Gasteiger partial charge on any atom is -0.362 e. The van der Waals surface area contributed by atoms with Gasteiger partial charge in [0.2, 0.25) is 5.91 Å². The number of fused-ring (bicyclic) bond motifs is 1. The highest BCUT2D eigenvalue weighted by Crippen LogP contribution is 2.27. The Balaban J connectivity index is 1.63. The summed E-state index contributed by atoms with van der Waals surface area (Å²) in [6, 6.07) is 16.3. The topological polar surface area (TPSA) is 32.3 Å². The van der Waals surface area contributed by atoms with Gasteiger partial charge in [-0.05, 0) is 36.6 Å². The molecular formula is C18H19BrN2O. The van der Waals surface area contributed by atoms with E-state index in [1.54, 1.807) is 0 Å². The van der Waals surface area contributed by atoms with Crippen molar-refractivity contribution >= 4 is 27.5 Å². The molecule has 0 aromatic heterocycles. The van der Waals surface area contributed by atoms with Gasteiger partial charge in [-0.3, -0.25) is 4.79 Å². The molecule has 3 nitrogen and oxygen atoms in total. The fraction of sp³-hybridized carbons (Fsp3) is 0.278. The molecule has 2 aromatic carbocycles. The fourth-order valence-corrected chi connectivity index (χ4v) is 3.56. The molecule has 1 atom stereocenters. The summed E-state index contributed by atoms with van der Waals surface area (Å²) in [4.78, 5) is 14.5. The molecule has 1 aliphatic heterocycles. The lowest BCUT2D eigenvalue weighted by atomic mass is 10.1. The van der Waals surface area contributed by atoms with E-state index in [1.807, 2.05) is 37.3 Å². The number of para-hydroxylation sites is 1. The molecule has 1 heterocycles. The summed E-state index contributed by atoms with van der Waals surface area (Å²) in [6.07, 6.45) is 1.02. The van der Waals surface area contributed by atoms with Gasteiger partial charge in [-0.1, -0.05) is 52.3 Å². The summed E-state index contributed by atoms with van der Waals surface area (Å²) in [5.74, 6) is 0.0555. The van der Waals surface area contributed by atoms with Crippen molar-refractivity contribution in [3.8, 4) is 0 Å². The first-order chi connectivity index (χ1) is 10.6. The average molecular weight is 359 g/mol. The number of nitrogens with one attached hydrogen (secondary N) is 1. The van der Waals surface area contributed by atoms with Gasteiger partial charge < -0.3 is 10.2 Å². The summed E-state index contributed by atoms with van der Waals surface area (Å²) in [5, 5.41) is 3.08. The maximum atomic E-state index is 12.3. The van der Waals surface area contributed by atoms with Crippen LogP contribution in [0.1, 0.15) is 24.1 Å². The minimum atomic E-state index is -0.0130. The SMILES string of the molecule is C[C@H](NC(=O)CN1CCc2ccccc21)c1ccccc1Br. The van der Waals surface area contributed by atoms with Crippen LogP contribution in [0.25, 0.3) is 0 Å². The first-order valence-corrected chi connectivity index (χ1v) is 8.31. The first-order valence-electron chi connectivity index (χ1n) is 7.52. The second-order valence-corrected chi connectivity index (χ2v) is 6.47. The van der Waals surface area contributed by atoms with Crippen molar-refractivity contribution in [3.63, 3.8) is 0 Å². The van der Waals surface area contributed by atoms with Crippen LogP contribution in [0.3, 0.4) is 0 Å². The number of anilines is 1. The Hall–Kier alpha value is -1.81. The molecule has 0 saturated carbocycles. The van der Waals surface area contributed by atoms with Crippen LogP contribution in [0.2, 0.25) is 0 Å². The van der Waals surface area contributed by atoms with Crippen molar-refractivity contribution in [3.05, 3.63) is 64.1 Å². The molecule has 0 saturated heterocycles. The predicted octanol–water partition coefficient (Wildman–Crippen LogP) is 3.69. The van der Waals surface area contributed by atoms with Gasteiger partial charge in [-0.15, -0.1) is 0 Å². The lowest BCUT2D eigenvalue weighted by Gasteiger charge is -2.21. The van der Waals surface area contributed by atoms with E-state index in [4.69, 9.17) is 0 Å². The van der Waals surface area contributed by atoms with E-state index in [-0.39, 0.29) is 11.9 Å². The zero-order valence-electron chi connectivity index (χ0n) is 12.6. The number of nitrogens with zero attached hydrogens (tertiary/aromatic N) is 1. The normalized spacial score (nSPS) is 14.5. The van der Waals surface area contributed by atoms with Crippen molar-refractivity contribution in [1.82, 2.24) is 5.32 Å². The molecule has 3 rings (SSSR count). The first kappa shape index (κ1) is 15.1. The third-order valence-electron chi connectivity index (χ3n) is 4.07. The van der Waals surface area contributed by atoms with Crippen LogP contribution in [0.4, 0.5) is 5.69 Å². The van der Waals surface area contributed by atoms with Gasteiger partial charge in [0.1, 0.15) is 0 Å². The lowest BCUT2D eigenvalue weighted by Crippen LogP contribution is -2.37. The Morgan fingerprint density at radius 3 is 2.77 bits per heavy atom. The number of benzene rings is 2. The largest absolute Gasteiger partial charge is 0.362 e. The van der Waals surface area contributed by atoms with Gasteiger partial charge in [-0.25, -0.2) is 0 Å². The molecule has 4 heteroatoms. The maximum Gasteiger partial charge on any atom is 0.239 e. The Morgan fingerprint density at radius 2 is 1.95 bits per heavy atom. The van der Waals surface area contributed by atoms with Crippen LogP contribution in [0.15, 0.2) is 53.0 Å². The van der Waals surface area contributed by atoms with Gasteiger partial charge >= 0.3 is 0 Å². The Bertz CT molecular complexity index is 686. The predicted molar refractivity (Wildman–Crippen MR) is 93.1 cm³/mol. The summed E-state index contributed by atoms with van der Waals surface area (Å²) >= 11 is 3.53. The van der Waals surface area contributed by atoms with Gasteiger partial charge in [-0.2, -0.15) is 0 Å². The van der Waals surface area contributed by atoms with Crippen LogP contribution in [-0.4, -0.2) is 19.0 Å². The number of carbonyl (C=O) groups excluding carboxylic acids is 1. The molecule has 0 spiro atoms. The lowest BCUT2D eigenvalue weighted by molar-refractivity contribution is -0.120. The van der Waals surface area contributed by atoms with Gasteiger partial charge in [0.05, 0.1) is 12.6 Å². The second kappa shape index (κ2) is 6.53. The molecular weight excluding hydrogens is 340 g/mol. The molecule has 22 heavy (non-hydrogen) atoms. The van der Waals surface area contributed by atoms with Gasteiger partial charge in [0, 0.05) is 16.7 Å². The molecule has 2 aromatic rings. The van der Waals surface area contributed by atoms with Crippen molar-refractivity contribution in [2.45, 2.75) is 19.4 Å². The summed E-state index contributed by atoms with van der Waals surface area (Å²) in [5.41, 5.74) is 3.61. The average Bonchev–Trinajstić information content (AvgIpc) is 2.91. The minimum absolute atomic E-state index is 0.0130. The number of carbonyl (C=O) groups is 1. The van der Waals surface area contributed by atoms with Crippen LogP contribution in [0, 0.1) is 0 Å². The van der Waals surface area contributed by atoms with Crippen molar-refractivity contribution < 1.29 is 4.79 Å². The second-order valence-electron chi connectivity index (χ2n) is 5.61. The summed E-state index contributed by atoms with van der Waals surface area (Å²) < 4.78 is 1.02. The van der Waals surface area contributed by atoms with Crippen LogP contribution in [0.5, 0.6) is 0 Å². The van der Waals surface area contributed by atoms with Crippen LogP contribution < -0.4 is 10.2 Å². The third kappa shape index (κ3) is 3.17. The molecule has 1 amide bonds. The Morgan fingerprint density at radius 1 is 1.23 bits per heavy atom. The molecule has 0 bridgehead atoms. The monoisotopic (exact) mass is 358 g/mol. The zero-order chi connectivity index (χ0) is 15.5. The van der Waals surface area contributed by atoms with Gasteiger partial charge in [0.25, 0.3) is 0 Å². The number of halogens is 1. The van der Waals surface area contributed by atoms with Crippen molar-refractivity contribution in [1.29, 1.82) is 0 Å². The smallest absolute Gasteiger partial charge is 0.239 e. The van der Waals surface area contributed by atoms with Crippen molar-refractivity contribution in [2.24, 2.45) is 0 Å². The number of amides is 1. The molecule has 0 aliphatic carbocycles. The molecule has 114 valence electrons. The molecule has 0 radical (unpaired) electrons. The van der Waals surface area contributed by atoms with Gasteiger partial charge in [0.15, 0.2) is 0 Å². The molecule has 0 unspecified atom stereocenters. The summed E-state index contributed by atoms with van der Waals surface area (Å²) in [7, 11) is 0. The fourth-order valence-electron chi connectivity index (χ4n) is 2.94. The highest BCUT2D eigenvalue weighted by Gasteiger charge is 2.21. The quantitative estimate of drug-likeness (QED) is 0.903. The van der Waals surface area contributed by atoms with E-state index in [9.17, 15) is 4.79 Å². The highest BCUT2D eigenvalue weighted by molar-refractivity contribution is 9.10.